The molecule has 2 rings (SSSR count). The maximum absolute atomic E-state index is 5.86. The number of likely N-dealkylation sites (tertiary alicyclic amines) is 1. The second kappa shape index (κ2) is 6.03. The zero-order valence-corrected chi connectivity index (χ0v) is 10.6. The molecule has 1 aromatic rings. The topological polar surface area (TPSA) is 38.5 Å². The van der Waals surface area contributed by atoms with Crippen LogP contribution in [-0.2, 0) is 6.54 Å². The molecule has 1 aromatic carbocycles. The lowest BCUT2D eigenvalue weighted by molar-refractivity contribution is 0.125. The van der Waals surface area contributed by atoms with Crippen molar-refractivity contribution in [3.05, 3.63) is 29.8 Å². The van der Waals surface area contributed by atoms with Crippen LogP contribution in [0.5, 0.6) is 5.75 Å². The van der Waals surface area contributed by atoms with Crippen molar-refractivity contribution in [3.8, 4) is 5.75 Å². The lowest BCUT2D eigenvalue weighted by Gasteiger charge is -2.32. The summed E-state index contributed by atoms with van der Waals surface area (Å²) in [7, 11) is 2.18. The quantitative estimate of drug-likeness (QED) is 0.866. The summed E-state index contributed by atoms with van der Waals surface area (Å²) in [5, 5.41) is 0. The highest BCUT2D eigenvalue weighted by atomic mass is 16.5. The van der Waals surface area contributed by atoms with Crippen molar-refractivity contribution >= 4 is 0 Å². The number of ether oxygens (including phenoxy) is 1. The molecule has 3 nitrogen and oxygen atoms in total. The average Bonchev–Trinajstić information content (AvgIpc) is 2.38. The zero-order valence-electron chi connectivity index (χ0n) is 10.6. The van der Waals surface area contributed by atoms with Crippen LogP contribution < -0.4 is 10.5 Å². The van der Waals surface area contributed by atoms with Crippen LogP contribution in [-0.4, -0.2) is 31.1 Å². The SMILES string of the molecule is CN1CCCCC1COc1cccc(CN)c1. The Morgan fingerprint density at radius 3 is 3.06 bits per heavy atom. The smallest absolute Gasteiger partial charge is 0.119 e. The second-order valence-corrected chi connectivity index (χ2v) is 4.79. The van der Waals surface area contributed by atoms with Gasteiger partial charge in [-0.15, -0.1) is 0 Å². The van der Waals surface area contributed by atoms with Crippen LogP contribution in [0, 0.1) is 0 Å². The van der Waals surface area contributed by atoms with Crippen molar-refractivity contribution < 1.29 is 4.74 Å². The Hall–Kier alpha value is -1.06. The maximum atomic E-state index is 5.86. The molecule has 0 radical (unpaired) electrons. The summed E-state index contributed by atoms with van der Waals surface area (Å²) >= 11 is 0. The molecule has 0 aromatic heterocycles. The second-order valence-electron chi connectivity index (χ2n) is 4.79. The first-order valence-electron chi connectivity index (χ1n) is 6.41. The number of nitrogens with two attached hydrogens (primary N) is 1. The molecule has 0 bridgehead atoms. The minimum Gasteiger partial charge on any atom is -0.492 e. The fraction of sp³-hybridized carbons (Fsp3) is 0.571. The van der Waals surface area contributed by atoms with Crippen molar-refractivity contribution in [3.63, 3.8) is 0 Å². The van der Waals surface area contributed by atoms with Gasteiger partial charge in [-0.2, -0.15) is 0 Å². The van der Waals surface area contributed by atoms with Crippen molar-refractivity contribution in [2.45, 2.75) is 31.8 Å². The molecule has 0 aliphatic carbocycles. The number of likely N-dealkylation sites (N-methyl/N-ethyl adjacent to an activating group) is 1. The van der Waals surface area contributed by atoms with E-state index in [9.17, 15) is 0 Å². The number of hydrogen-bond donors (Lipinski definition) is 1. The van der Waals surface area contributed by atoms with E-state index in [1.54, 1.807) is 0 Å². The Labute approximate surface area is 104 Å². The molecule has 1 atom stereocenters. The Kier molecular flexibility index (Phi) is 4.40. The highest BCUT2D eigenvalue weighted by Crippen LogP contribution is 2.18. The number of hydrogen-bond acceptors (Lipinski definition) is 3. The van der Waals surface area contributed by atoms with Crippen LogP contribution in [0.3, 0.4) is 0 Å². The molecule has 2 N–H and O–H groups in total. The van der Waals surface area contributed by atoms with Crippen molar-refractivity contribution in [2.75, 3.05) is 20.2 Å². The number of piperidine rings is 1. The summed E-state index contributed by atoms with van der Waals surface area (Å²) in [6, 6.07) is 8.62. The minimum atomic E-state index is 0.560. The fourth-order valence-corrected chi connectivity index (χ4v) is 2.31. The lowest BCUT2D eigenvalue weighted by atomic mass is 10.0. The van der Waals surface area contributed by atoms with E-state index in [0.717, 1.165) is 17.9 Å². The summed E-state index contributed by atoms with van der Waals surface area (Å²) in [6.45, 7) is 2.54. The fourth-order valence-electron chi connectivity index (χ4n) is 2.31. The van der Waals surface area contributed by atoms with Gasteiger partial charge in [0.05, 0.1) is 0 Å². The normalized spacial score (nSPS) is 21.4. The average molecular weight is 234 g/mol. The zero-order chi connectivity index (χ0) is 12.1. The molecule has 1 saturated heterocycles. The van der Waals surface area contributed by atoms with Gasteiger partial charge in [0.25, 0.3) is 0 Å². The van der Waals surface area contributed by atoms with Crippen LogP contribution in [0.4, 0.5) is 0 Å². The molecule has 1 fully saturated rings. The highest BCUT2D eigenvalue weighted by Gasteiger charge is 2.19. The monoisotopic (exact) mass is 234 g/mol. The van der Waals surface area contributed by atoms with Gasteiger partial charge in [0.1, 0.15) is 12.4 Å². The molecule has 1 heterocycles. The Bertz CT molecular complexity index is 354. The Morgan fingerprint density at radius 1 is 1.41 bits per heavy atom. The van der Waals surface area contributed by atoms with E-state index in [4.69, 9.17) is 10.5 Å². The first-order valence-corrected chi connectivity index (χ1v) is 6.41. The van der Waals surface area contributed by atoms with Crippen LogP contribution in [0.15, 0.2) is 24.3 Å². The molecule has 94 valence electrons. The van der Waals surface area contributed by atoms with Gasteiger partial charge in [-0.3, -0.25) is 0 Å². The molecule has 0 spiro atoms. The largest absolute Gasteiger partial charge is 0.492 e. The molecule has 1 unspecified atom stereocenters. The van der Waals surface area contributed by atoms with Crippen LogP contribution >= 0.6 is 0 Å². The molecule has 1 aliphatic rings. The molecule has 3 heteroatoms. The van der Waals surface area contributed by atoms with E-state index in [-0.39, 0.29) is 0 Å². The lowest BCUT2D eigenvalue weighted by Crippen LogP contribution is -2.40. The third kappa shape index (κ3) is 3.45. The van der Waals surface area contributed by atoms with Gasteiger partial charge in [0.15, 0.2) is 0 Å². The molecule has 0 amide bonds. The predicted octanol–water partition coefficient (Wildman–Crippen LogP) is 2.01. The summed E-state index contributed by atoms with van der Waals surface area (Å²) in [6.07, 6.45) is 3.88. The van der Waals surface area contributed by atoms with E-state index in [0.29, 0.717) is 12.6 Å². The van der Waals surface area contributed by atoms with Crippen molar-refractivity contribution in [1.29, 1.82) is 0 Å². The molecule has 1 aliphatic heterocycles. The van der Waals surface area contributed by atoms with E-state index in [2.05, 4.69) is 11.9 Å². The Morgan fingerprint density at radius 2 is 2.29 bits per heavy atom. The summed E-state index contributed by atoms with van der Waals surface area (Å²) in [5.74, 6) is 0.937. The predicted molar refractivity (Wildman–Crippen MR) is 70.1 cm³/mol. The maximum Gasteiger partial charge on any atom is 0.119 e. The Balaban J connectivity index is 1.88. The first kappa shape index (κ1) is 12.4. The van der Waals surface area contributed by atoms with E-state index >= 15 is 0 Å². The van der Waals surface area contributed by atoms with Gasteiger partial charge >= 0.3 is 0 Å². The van der Waals surface area contributed by atoms with E-state index in [1.165, 1.54) is 25.8 Å². The summed E-state index contributed by atoms with van der Waals surface area (Å²) in [4.78, 5) is 2.40. The summed E-state index contributed by atoms with van der Waals surface area (Å²) in [5.41, 5.74) is 6.74. The van der Waals surface area contributed by atoms with Crippen molar-refractivity contribution in [2.24, 2.45) is 5.73 Å². The summed E-state index contributed by atoms with van der Waals surface area (Å²) < 4.78 is 5.86. The number of nitrogens with zero attached hydrogens (tertiary/aromatic N) is 1. The van der Waals surface area contributed by atoms with E-state index in [1.807, 2.05) is 24.3 Å². The molecule has 17 heavy (non-hydrogen) atoms. The number of benzene rings is 1. The van der Waals surface area contributed by atoms with Gasteiger partial charge in [-0.25, -0.2) is 0 Å². The van der Waals surface area contributed by atoms with Gasteiger partial charge in [-0.1, -0.05) is 18.6 Å². The van der Waals surface area contributed by atoms with Crippen molar-refractivity contribution in [1.82, 2.24) is 4.90 Å². The number of rotatable bonds is 4. The first-order chi connectivity index (χ1) is 8.29. The van der Waals surface area contributed by atoms with Crippen LogP contribution in [0.1, 0.15) is 24.8 Å². The third-order valence-corrected chi connectivity index (χ3v) is 3.50. The standard InChI is InChI=1S/C14H22N2O/c1-16-8-3-2-6-13(16)11-17-14-7-4-5-12(9-14)10-15/h4-5,7,9,13H,2-3,6,8,10-11,15H2,1H3. The molecule has 0 saturated carbocycles. The molecular formula is C14H22N2O. The van der Waals surface area contributed by atoms with Gasteiger partial charge in [0.2, 0.25) is 0 Å². The van der Waals surface area contributed by atoms with Gasteiger partial charge in [0, 0.05) is 12.6 Å². The van der Waals surface area contributed by atoms with Crippen LogP contribution in [0.2, 0.25) is 0 Å². The minimum absolute atomic E-state index is 0.560. The van der Waals surface area contributed by atoms with Gasteiger partial charge < -0.3 is 15.4 Å². The molecular weight excluding hydrogens is 212 g/mol. The highest BCUT2D eigenvalue weighted by molar-refractivity contribution is 5.28. The van der Waals surface area contributed by atoms with E-state index < -0.39 is 0 Å². The third-order valence-electron chi connectivity index (χ3n) is 3.50. The van der Waals surface area contributed by atoms with Gasteiger partial charge in [-0.05, 0) is 44.1 Å². The van der Waals surface area contributed by atoms with Crippen LogP contribution in [0.25, 0.3) is 0 Å².